The molecule has 0 radical (unpaired) electrons. The summed E-state index contributed by atoms with van der Waals surface area (Å²) in [6, 6.07) is 19.5. The number of aromatic nitrogens is 2. The van der Waals surface area contributed by atoms with Gasteiger partial charge in [-0.25, -0.2) is 0 Å². The van der Waals surface area contributed by atoms with Crippen molar-refractivity contribution in [3.8, 4) is 0 Å². The normalized spacial score (nSPS) is 9.88. The Balaban J connectivity index is 0.000000431. The Morgan fingerprint density at radius 1 is 1.00 bits per heavy atom. The maximum absolute atomic E-state index is 11.7. The molecule has 0 aliphatic carbocycles. The predicted molar refractivity (Wildman–Crippen MR) is 101 cm³/mol. The molecule has 0 fully saturated rings. The van der Waals surface area contributed by atoms with Crippen LogP contribution in [-0.2, 0) is 17.8 Å². The zero-order valence-electron chi connectivity index (χ0n) is 14.7. The molecule has 0 saturated carbocycles. The maximum atomic E-state index is 11.7. The number of nitrogens with zero attached hydrogens (tertiary/aromatic N) is 2. The third kappa shape index (κ3) is 6.36. The zero-order valence-corrected chi connectivity index (χ0v) is 14.7. The van der Waals surface area contributed by atoms with E-state index in [0.717, 1.165) is 17.7 Å². The smallest absolute Gasteiger partial charge is 0.303 e. The van der Waals surface area contributed by atoms with E-state index >= 15 is 0 Å². The predicted octanol–water partition coefficient (Wildman–Crippen LogP) is 3.36. The maximum Gasteiger partial charge on any atom is 0.303 e. The van der Waals surface area contributed by atoms with Gasteiger partial charge in [0, 0.05) is 37.0 Å². The van der Waals surface area contributed by atoms with Gasteiger partial charge >= 0.3 is 5.97 Å². The van der Waals surface area contributed by atoms with Gasteiger partial charge in [0.25, 0.3) is 5.56 Å². The van der Waals surface area contributed by atoms with Crippen molar-refractivity contribution in [2.45, 2.75) is 26.3 Å². The SMILES string of the molecule is CCC(=O)O.O=c1ccccn1Cc1ccc(Cc2ccccn2)cc1. The summed E-state index contributed by atoms with van der Waals surface area (Å²) < 4.78 is 1.70. The van der Waals surface area contributed by atoms with Crippen LogP contribution in [0.25, 0.3) is 0 Å². The summed E-state index contributed by atoms with van der Waals surface area (Å²) in [5.41, 5.74) is 3.42. The highest BCUT2D eigenvalue weighted by molar-refractivity contribution is 5.66. The van der Waals surface area contributed by atoms with Crippen molar-refractivity contribution in [1.82, 2.24) is 9.55 Å². The average Bonchev–Trinajstić information content (AvgIpc) is 2.66. The molecule has 5 nitrogen and oxygen atoms in total. The van der Waals surface area contributed by atoms with Crippen LogP contribution in [-0.4, -0.2) is 20.6 Å². The third-order valence-corrected chi connectivity index (χ3v) is 3.69. The van der Waals surface area contributed by atoms with Gasteiger partial charge in [-0.15, -0.1) is 0 Å². The number of hydrogen-bond donors (Lipinski definition) is 1. The Morgan fingerprint density at radius 3 is 2.23 bits per heavy atom. The van der Waals surface area contributed by atoms with Crippen molar-refractivity contribution in [3.05, 3.63) is 100 Å². The first kappa shape index (κ1) is 19.1. The topological polar surface area (TPSA) is 72.2 Å². The number of rotatable bonds is 5. The number of pyridine rings is 2. The second kappa shape index (κ2) is 9.93. The Bertz CT molecular complexity index is 872. The van der Waals surface area contributed by atoms with Gasteiger partial charge < -0.3 is 9.67 Å². The fraction of sp³-hybridized carbons (Fsp3) is 0.190. The van der Waals surface area contributed by atoms with E-state index in [1.807, 2.05) is 36.7 Å². The number of carboxylic acid groups (broad SMARTS) is 1. The first-order chi connectivity index (χ1) is 12.6. The second-order valence-corrected chi connectivity index (χ2v) is 5.73. The molecule has 0 spiro atoms. The Morgan fingerprint density at radius 2 is 1.65 bits per heavy atom. The first-order valence-corrected chi connectivity index (χ1v) is 8.43. The molecule has 1 N–H and O–H groups in total. The summed E-state index contributed by atoms with van der Waals surface area (Å²) in [6.45, 7) is 2.20. The van der Waals surface area contributed by atoms with Crippen molar-refractivity contribution in [2.24, 2.45) is 0 Å². The average molecular weight is 350 g/mol. The fourth-order valence-electron chi connectivity index (χ4n) is 2.26. The molecule has 3 rings (SSSR count). The highest BCUT2D eigenvalue weighted by Crippen LogP contribution is 2.09. The summed E-state index contributed by atoms with van der Waals surface area (Å²) in [5, 5.41) is 7.72. The largest absolute Gasteiger partial charge is 0.481 e. The summed E-state index contributed by atoms with van der Waals surface area (Å²) in [6.07, 6.45) is 4.67. The molecule has 0 aliphatic rings. The lowest BCUT2D eigenvalue weighted by atomic mass is 10.1. The molecular weight excluding hydrogens is 328 g/mol. The number of hydrogen-bond acceptors (Lipinski definition) is 3. The van der Waals surface area contributed by atoms with Gasteiger partial charge in [-0.1, -0.05) is 43.3 Å². The van der Waals surface area contributed by atoms with E-state index in [0.29, 0.717) is 6.54 Å². The number of carboxylic acids is 1. The van der Waals surface area contributed by atoms with Crippen molar-refractivity contribution < 1.29 is 9.90 Å². The first-order valence-electron chi connectivity index (χ1n) is 8.43. The zero-order chi connectivity index (χ0) is 18.8. The van der Waals surface area contributed by atoms with Gasteiger partial charge in [0.15, 0.2) is 0 Å². The van der Waals surface area contributed by atoms with Crippen LogP contribution in [0, 0.1) is 0 Å². The van der Waals surface area contributed by atoms with Gasteiger partial charge in [-0.3, -0.25) is 14.6 Å². The van der Waals surface area contributed by atoms with Gasteiger partial charge in [0.2, 0.25) is 0 Å². The third-order valence-electron chi connectivity index (χ3n) is 3.69. The van der Waals surface area contributed by atoms with Crippen LogP contribution >= 0.6 is 0 Å². The highest BCUT2D eigenvalue weighted by Gasteiger charge is 2.00. The lowest BCUT2D eigenvalue weighted by Crippen LogP contribution is -2.18. The van der Waals surface area contributed by atoms with Crippen molar-refractivity contribution in [2.75, 3.05) is 0 Å². The molecule has 1 aromatic carbocycles. The van der Waals surface area contributed by atoms with Gasteiger partial charge in [0.05, 0.1) is 6.54 Å². The van der Waals surface area contributed by atoms with E-state index in [-0.39, 0.29) is 12.0 Å². The molecule has 2 heterocycles. The molecule has 0 aliphatic heterocycles. The molecule has 0 unspecified atom stereocenters. The van der Waals surface area contributed by atoms with Crippen molar-refractivity contribution in [1.29, 1.82) is 0 Å². The molecule has 2 aromatic heterocycles. The standard InChI is InChI=1S/C18H16N2O.C3H6O2/c21-18-6-2-4-12-20(18)14-16-9-7-15(8-10-16)13-17-5-1-3-11-19-17;1-2-3(4)5/h1-12H,13-14H2;2H2,1H3,(H,4,5). The number of aliphatic carboxylic acids is 1. The van der Waals surface area contributed by atoms with Crippen molar-refractivity contribution >= 4 is 5.97 Å². The van der Waals surface area contributed by atoms with Gasteiger partial charge in [0.1, 0.15) is 0 Å². The molecule has 0 atom stereocenters. The number of benzene rings is 1. The van der Waals surface area contributed by atoms with Crippen LogP contribution in [0.3, 0.4) is 0 Å². The van der Waals surface area contributed by atoms with Gasteiger partial charge in [-0.2, -0.15) is 0 Å². The number of carbonyl (C=O) groups is 1. The van der Waals surface area contributed by atoms with Gasteiger partial charge in [-0.05, 0) is 29.3 Å². The van der Waals surface area contributed by atoms with E-state index in [4.69, 9.17) is 5.11 Å². The minimum Gasteiger partial charge on any atom is -0.481 e. The molecule has 134 valence electrons. The fourth-order valence-corrected chi connectivity index (χ4v) is 2.26. The minimum absolute atomic E-state index is 0.0232. The molecule has 5 heteroatoms. The highest BCUT2D eigenvalue weighted by atomic mass is 16.4. The van der Waals surface area contributed by atoms with Crippen molar-refractivity contribution in [3.63, 3.8) is 0 Å². The summed E-state index contributed by atoms with van der Waals surface area (Å²) in [5.74, 6) is -0.745. The molecule has 0 amide bonds. The molecule has 26 heavy (non-hydrogen) atoms. The minimum atomic E-state index is -0.745. The quantitative estimate of drug-likeness (QED) is 0.766. The summed E-state index contributed by atoms with van der Waals surface area (Å²) in [4.78, 5) is 25.4. The van der Waals surface area contributed by atoms with E-state index < -0.39 is 5.97 Å². The molecule has 3 aromatic rings. The summed E-state index contributed by atoms with van der Waals surface area (Å²) in [7, 11) is 0. The lowest BCUT2D eigenvalue weighted by Gasteiger charge is -2.06. The van der Waals surface area contributed by atoms with E-state index in [9.17, 15) is 9.59 Å². The molecular formula is C21H22N2O3. The summed E-state index contributed by atoms with van der Waals surface area (Å²) >= 11 is 0. The van der Waals surface area contributed by atoms with Crippen LogP contribution in [0.15, 0.2) is 77.9 Å². The molecule has 0 saturated heterocycles. The van der Waals surface area contributed by atoms with Crippen LogP contribution in [0.1, 0.15) is 30.2 Å². The monoisotopic (exact) mass is 350 g/mol. The Hall–Kier alpha value is -3.21. The van der Waals surface area contributed by atoms with E-state index in [1.165, 1.54) is 5.56 Å². The van der Waals surface area contributed by atoms with E-state index in [2.05, 4.69) is 29.2 Å². The Kier molecular flexibility index (Phi) is 7.31. The van der Waals surface area contributed by atoms with Crippen LogP contribution < -0.4 is 5.56 Å². The second-order valence-electron chi connectivity index (χ2n) is 5.73. The lowest BCUT2D eigenvalue weighted by molar-refractivity contribution is -0.136. The van der Waals surface area contributed by atoms with E-state index in [1.54, 1.807) is 23.6 Å². The van der Waals surface area contributed by atoms with Crippen LogP contribution in [0.2, 0.25) is 0 Å². The Labute approximate surface area is 152 Å². The van der Waals surface area contributed by atoms with Crippen LogP contribution in [0.5, 0.6) is 0 Å². The van der Waals surface area contributed by atoms with Crippen LogP contribution in [0.4, 0.5) is 0 Å². The molecule has 0 bridgehead atoms.